The Hall–Kier alpha value is -3.14. The SMILES string of the molecule is Cc1cc(=O)[nH]c(NN=Cc2c(C)nn(-c3cccc(C(F)(F)F)c3)c2Cl)n1. The van der Waals surface area contributed by atoms with Gasteiger partial charge in [0.25, 0.3) is 5.56 Å². The number of aromatic nitrogens is 4. The highest BCUT2D eigenvalue weighted by Crippen LogP contribution is 2.31. The van der Waals surface area contributed by atoms with Crippen molar-refractivity contribution in [3.63, 3.8) is 0 Å². The van der Waals surface area contributed by atoms with Gasteiger partial charge in [0.1, 0.15) is 5.15 Å². The topological polar surface area (TPSA) is 88.0 Å². The number of hydrogen-bond acceptors (Lipinski definition) is 5. The first-order valence-electron chi connectivity index (χ1n) is 7.95. The first kappa shape index (κ1) is 19.6. The summed E-state index contributed by atoms with van der Waals surface area (Å²) in [5, 5.41) is 8.23. The minimum Gasteiger partial charge on any atom is -0.291 e. The Balaban J connectivity index is 1.89. The van der Waals surface area contributed by atoms with Gasteiger partial charge in [-0.25, -0.2) is 15.1 Å². The van der Waals surface area contributed by atoms with Crippen LogP contribution >= 0.6 is 11.6 Å². The van der Waals surface area contributed by atoms with Gasteiger partial charge in [-0.05, 0) is 32.0 Å². The molecule has 0 fully saturated rings. The number of aromatic amines is 1. The predicted octanol–water partition coefficient (Wildman–Crippen LogP) is 3.69. The average molecular weight is 411 g/mol. The van der Waals surface area contributed by atoms with E-state index in [-0.39, 0.29) is 22.3 Å². The zero-order chi connectivity index (χ0) is 20.5. The van der Waals surface area contributed by atoms with E-state index in [0.717, 1.165) is 12.1 Å². The predicted molar refractivity (Wildman–Crippen MR) is 99.1 cm³/mol. The van der Waals surface area contributed by atoms with Crippen LogP contribution in [0.5, 0.6) is 0 Å². The molecular formula is C17H14ClF3N6O. The lowest BCUT2D eigenvalue weighted by Gasteiger charge is -2.09. The van der Waals surface area contributed by atoms with Gasteiger partial charge < -0.3 is 0 Å². The van der Waals surface area contributed by atoms with Crippen LogP contribution in [0.15, 0.2) is 40.2 Å². The summed E-state index contributed by atoms with van der Waals surface area (Å²) in [5.74, 6) is 0.139. The maximum absolute atomic E-state index is 12.9. The van der Waals surface area contributed by atoms with Crippen molar-refractivity contribution in [1.29, 1.82) is 0 Å². The Morgan fingerprint density at radius 3 is 2.71 bits per heavy atom. The lowest BCUT2D eigenvalue weighted by molar-refractivity contribution is -0.137. The Morgan fingerprint density at radius 2 is 2.04 bits per heavy atom. The van der Waals surface area contributed by atoms with Gasteiger partial charge >= 0.3 is 6.18 Å². The Labute approximate surface area is 161 Å². The Kier molecular flexibility index (Phi) is 5.23. The molecule has 3 rings (SSSR count). The van der Waals surface area contributed by atoms with Crippen LogP contribution in [0.2, 0.25) is 5.15 Å². The number of nitrogens with zero attached hydrogens (tertiary/aromatic N) is 4. The zero-order valence-electron chi connectivity index (χ0n) is 14.7. The van der Waals surface area contributed by atoms with Crippen molar-refractivity contribution in [1.82, 2.24) is 19.7 Å². The Bertz CT molecular complexity index is 1100. The van der Waals surface area contributed by atoms with Gasteiger partial charge in [-0.3, -0.25) is 9.78 Å². The van der Waals surface area contributed by atoms with Gasteiger partial charge in [0.05, 0.1) is 28.7 Å². The summed E-state index contributed by atoms with van der Waals surface area (Å²) in [6.07, 6.45) is -3.13. The van der Waals surface area contributed by atoms with Crippen LogP contribution < -0.4 is 11.0 Å². The summed E-state index contributed by atoms with van der Waals surface area (Å²) in [4.78, 5) is 17.9. The molecule has 0 saturated heterocycles. The monoisotopic (exact) mass is 410 g/mol. The van der Waals surface area contributed by atoms with Crippen LogP contribution in [0.25, 0.3) is 5.69 Å². The molecule has 0 unspecified atom stereocenters. The number of benzene rings is 1. The fourth-order valence-electron chi connectivity index (χ4n) is 2.43. The summed E-state index contributed by atoms with van der Waals surface area (Å²) in [6, 6.07) is 6.00. The number of hydrogen-bond donors (Lipinski definition) is 2. The maximum Gasteiger partial charge on any atom is 0.416 e. The third-order valence-corrected chi connectivity index (χ3v) is 4.06. The van der Waals surface area contributed by atoms with Crippen molar-refractivity contribution < 1.29 is 13.2 Å². The van der Waals surface area contributed by atoms with Crippen molar-refractivity contribution >= 4 is 23.8 Å². The van der Waals surface area contributed by atoms with Crippen molar-refractivity contribution in [3.05, 3.63) is 68.4 Å². The highest BCUT2D eigenvalue weighted by Gasteiger charge is 2.30. The lowest BCUT2D eigenvalue weighted by atomic mass is 10.2. The second kappa shape index (κ2) is 7.47. The molecule has 1 aromatic carbocycles. The van der Waals surface area contributed by atoms with Crippen molar-refractivity contribution in [3.8, 4) is 5.69 Å². The van der Waals surface area contributed by atoms with Crippen LogP contribution in [0.3, 0.4) is 0 Å². The molecule has 0 saturated carbocycles. The highest BCUT2D eigenvalue weighted by molar-refractivity contribution is 6.32. The molecule has 0 aliphatic heterocycles. The summed E-state index contributed by atoms with van der Waals surface area (Å²) < 4.78 is 40.0. The molecule has 0 bridgehead atoms. The average Bonchev–Trinajstić information content (AvgIpc) is 2.88. The number of rotatable bonds is 4. The van der Waals surface area contributed by atoms with Gasteiger partial charge in [0.15, 0.2) is 0 Å². The smallest absolute Gasteiger partial charge is 0.291 e. The van der Waals surface area contributed by atoms with Crippen LogP contribution in [-0.4, -0.2) is 26.0 Å². The van der Waals surface area contributed by atoms with E-state index in [9.17, 15) is 18.0 Å². The summed E-state index contributed by atoms with van der Waals surface area (Å²) in [7, 11) is 0. The number of H-pyrrole nitrogens is 1. The van der Waals surface area contributed by atoms with Crippen molar-refractivity contribution in [2.75, 3.05) is 5.43 Å². The minimum atomic E-state index is -4.48. The second-order valence-corrected chi connectivity index (χ2v) is 6.21. The first-order valence-corrected chi connectivity index (χ1v) is 8.33. The van der Waals surface area contributed by atoms with Crippen molar-refractivity contribution in [2.24, 2.45) is 5.10 Å². The zero-order valence-corrected chi connectivity index (χ0v) is 15.4. The number of alkyl halides is 3. The van der Waals surface area contributed by atoms with Gasteiger partial charge in [0.2, 0.25) is 5.95 Å². The second-order valence-electron chi connectivity index (χ2n) is 5.86. The van der Waals surface area contributed by atoms with Crippen molar-refractivity contribution in [2.45, 2.75) is 20.0 Å². The largest absolute Gasteiger partial charge is 0.416 e. The van der Waals surface area contributed by atoms with E-state index in [1.54, 1.807) is 13.8 Å². The first-order chi connectivity index (χ1) is 13.1. The fourth-order valence-corrected chi connectivity index (χ4v) is 2.75. The maximum atomic E-state index is 12.9. The number of aryl methyl sites for hydroxylation is 2. The van der Waals surface area contributed by atoms with E-state index in [4.69, 9.17) is 11.6 Å². The standard InChI is InChI=1S/C17H14ClF3N6O/c1-9-6-14(28)24-16(23-9)25-22-8-13-10(2)26-27(15(13)18)12-5-3-4-11(7-12)17(19,20)21/h3-8H,1-2H3,(H2,23,24,25,28). The Morgan fingerprint density at radius 1 is 1.29 bits per heavy atom. The molecule has 11 heteroatoms. The molecule has 2 heterocycles. The van der Waals surface area contributed by atoms with Crippen LogP contribution in [-0.2, 0) is 6.18 Å². The molecule has 2 N–H and O–H groups in total. The molecule has 0 atom stereocenters. The van der Waals surface area contributed by atoms with E-state index in [1.165, 1.54) is 29.1 Å². The van der Waals surface area contributed by atoms with Gasteiger partial charge in [-0.15, -0.1) is 0 Å². The van der Waals surface area contributed by atoms with E-state index in [2.05, 4.69) is 25.6 Å². The molecule has 0 aliphatic rings. The van der Waals surface area contributed by atoms with Crippen LogP contribution in [0.1, 0.15) is 22.5 Å². The molecule has 28 heavy (non-hydrogen) atoms. The molecule has 146 valence electrons. The minimum absolute atomic E-state index is 0.0908. The molecule has 0 aliphatic carbocycles. The third-order valence-electron chi connectivity index (χ3n) is 3.70. The molecule has 0 radical (unpaired) electrons. The number of hydrazone groups is 1. The number of halogens is 4. The molecule has 0 spiro atoms. The highest BCUT2D eigenvalue weighted by atomic mass is 35.5. The van der Waals surface area contributed by atoms with Gasteiger partial charge in [-0.2, -0.15) is 23.4 Å². The normalized spacial score (nSPS) is 11.9. The molecule has 3 aromatic rings. The number of nitrogens with one attached hydrogen (secondary N) is 2. The van der Waals surface area contributed by atoms with Gasteiger partial charge in [0, 0.05) is 11.8 Å². The fraction of sp³-hybridized carbons (Fsp3) is 0.176. The van der Waals surface area contributed by atoms with E-state index >= 15 is 0 Å². The third kappa shape index (κ3) is 4.22. The molecule has 2 aromatic heterocycles. The summed E-state index contributed by atoms with van der Waals surface area (Å²) in [6.45, 7) is 3.30. The van der Waals surface area contributed by atoms with Crippen LogP contribution in [0, 0.1) is 13.8 Å². The summed E-state index contributed by atoms with van der Waals surface area (Å²) >= 11 is 6.29. The van der Waals surface area contributed by atoms with Gasteiger partial charge in [-0.1, -0.05) is 17.7 Å². The van der Waals surface area contributed by atoms with E-state index < -0.39 is 11.7 Å². The number of anilines is 1. The quantitative estimate of drug-likeness (QED) is 0.507. The molecule has 0 amide bonds. The molecule has 7 nitrogen and oxygen atoms in total. The summed E-state index contributed by atoms with van der Waals surface area (Å²) in [5.41, 5.74) is 2.96. The molecular weight excluding hydrogens is 397 g/mol. The van der Waals surface area contributed by atoms with Crippen LogP contribution in [0.4, 0.5) is 19.1 Å². The lowest BCUT2D eigenvalue weighted by Crippen LogP contribution is -2.10. The van der Waals surface area contributed by atoms with E-state index in [0.29, 0.717) is 17.0 Å². The van der Waals surface area contributed by atoms with E-state index in [1.807, 2.05) is 0 Å².